The number of thiol groups is 1. The van der Waals surface area contributed by atoms with Crippen molar-refractivity contribution in [3.05, 3.63) is 0 Å². The van der Waals surface area contributed by atoms with Crippen molar-refractivity contribution in [1.82, 2.24) is 0 Å². The van der Waals surface area contributed by atoms with Gasteiger partial charge in [-0.2, -0.15) is 12.6 Å². The van der Waals surface area contributed by atoms with Crippen LogP contribution in [0.1, 0.15) is 40.5 Å². The maximum atomic E-state index is 5.60. The van der Waals surface area contributed by atoms with Gasteiger partial charge in [0.25, 0.3) is 0 Å². The third kappa shape index (κ3) is 8.63. The van der Waals surface area contributed by atoms with Crippen LogP contribution in [0.3, 0.4) is 0 Å². The van der Waals surface area contributed by atoms with Crippen LogP contribution in [0.25, 0.3) is 0 Å². The highest BCUT2D eigenvalue weighted by atomic mass is 32.1. The quantitative estimate of drug-likeness (QED) is 0.515. The van der Waals surface area contributed by atoms with E-state index in [0.29, 0.717) is 11.3 Å². The second kappa shape index (κ2) is 6.72. The largest absolute Gasteiger partial charge is 0.381 e. The standard InChI is InChI=1S/C11H24OS/c1-5-10(9-13)8-12-7-6-11(2,3)4/h10,13H,5-9H2,1-4H3. The summed E-state index contributed by atoms with van der Waals surface area (Å²) in [5, 5.41) is 0. The summed E-state index contributed by atoms with van der Waals surface area (Å²) in [6, 6.07) is 0. The van der Waals surface area contributed by atoms with Crippen molar-refractivity contribution >= 4 is 12.6 Å². The molecule has 1 unspecified atom stereocenters. The smallest absolute Gasteiger partial charge is 0.0501 e. The summed E-state index contributed by atoms with van der Waals surface area (Å²) in [7, 11) is 0. The molecule has 0 amide bonds. The third-order valence-electron chi connectivity index (χ3n) is 2.19. The normalized spacial score (nSPS) is 14.5. The maximum absolute atomic E-state index is 5.60. The van der Waals surface area contributed by atoms with E-state index in [4.69, 9.17) is 4.74 Å². The Balaban J connectivity index is 3.34. The minimum Gasteiger partial charge on any atom is -0.381 e. The van der Waals surface area contributed by atoms with Gasteiger partial charge < -0.3 is 4.74 Å². The van der Waals surface area contributed by atoms with Crippen LogP contribution in [-0.4, -0.2) is 19.0 Å². The molecule has 0 fully saturated rings. The average Bonchev–Trinajstić information content (AvgIpc) is 2.03. The van der Waals surface area contributed by atoms with Crippen LogP contribution >= 0.6 is 12.6 Å². The van der Waals surface area contributed by atoms with Gasteiger partial charge in [-0.25, -0.2) is 0 Å². The first kappa shape index (κ1) is 13.3. The average molecular weight is 204 g/mol. The highest BCUT2D eigenvalue weighted by Crippen LogP contribution is 2.18. The lowest BCUT2D eigenvalue weighted by molar-refractivity contribution is 0.0843. The van der Waals surface area contributed by atoms with Crippen LogP contribution in [0.2, 0.25) is 0 Å². The van der Waals surface area contributed by atoms with Gasteiger partial charge >= 0.3 is 0 Å². The molecule has 0 saturated carbocycles. The Kier molecular flexibility index (Phi) is 6.88. The number of hydrogen-bond acceptors (Lipinski definition) is 2. The zero-order valence-corrected chi connectivity index (χ0v) is 10.4. The molecule has 0 aromatic heterocycles. The fraction of sp³-hybridized carbons (Fsp3) is 1.00. The van der Waals surface area contributed by atoms with E-state index in [2.05, 4.69) is 40.3 Å². The van der Waals surface area contributed by atoms with Crippen molar-refractivity contribution in [3.63, 3.8) is 0 Å². The second-order valence-electron chi connectivity index (χ2n) is 4.84. The molecule has 0 aliphatic carbocycles. The molecule has 0 heterocycles. The zero-order chi connectivity index (χ0) is 10.3. The maximum Gasteiger partial charge on any atom is 0.0501 e. The van der Waals surface area contributed by atoms with E-state index in [1.54, 1.807) is 0 Å². The Morgan fingerprint density at radius 2 is 1.92 bits per heavy atom. The van der Waals surface area contributed by atoms with Crippen LogP contribution < -0.4 is 0 Å². The molecule has 1 nitrogen and oxygen atoms in total. The molecule has 0 aromatic rings. The molecule has 0 aliphatic heterocycles. The lowest BCUT2D eigenvalue weighted by atomic mass is 9.93. The third-order valence-corrected chi connectivity index (χ3v) is 2.70. The molecule has 0 radical (unpaired) electrons. The van der Waals surface area contributed by atoms with E-state index in [1.807, 2.05) is 0 Å². The highest BCUT2D eigenvalue weighted by Gasteiger charge is 2.10. The summed E-state index contributed by atoms with van der Waals surface area (Å²) in [6.45, 7) is 10.7. The van der Waals surface area contributed by atoms with Crippen molar-refractivity contribution in [3.8, 4) is 0 Å². The monoisotopic (exact) mass is 204 g/mol. The summed E-state index contributed by atoms with van der Waals surface area (Å²) in [5.41, 5.74) is 0.392. The van der Waals surface area contributed by atoms with E-state index < -0.39 is 0 Å². The van der Waals surface area contributed by atoms with Gasteiger partial charge in [-0.15, -0.1) is 0 Å². The predicted octanol–water partition coefficient (Wildman–Crippen LogP) is 3.40. The Bertz CT molecular complexity index is 114. The summed E-state index contributed by atoms with van der Waals surface area (Å²) in [6.07, 6.45) is 2.30. The minimum atomic E-state index is 0.392. The van der Waals surface area contributed by atoms with Gasteiger partial charge in [0, 0.05) is 6.61 Å². The lowest BCUT2D eigenvalue weighted by Crippen LogP contribution is -2.14. The Labute approximate surface area is 88.7 Å². The van der Waals surface area contributed by atoms with E-state index in [9.17, 15) is 0 Å². The molecule has 80 valence electrons. The number of ether oxygens (including phenoxy) is 1. The Morgan fingerprint density at radius 3 is 2.31 bits per heavy atom. The van der Waals surface area contributed by atoms with Crippen molar-refractivity contribution in [2.45, 2.75) is 40.5 Å². The van der Waals surface area contributed by atoms with Gasteiger partial charge in [0.1, 0.15) is 0 Å². The summed E-state index contributed by atoms with van der Waals surface area (Å²) < 4.78 is 5.60. The van der Waals surface area contributed by atoms with Gasteiger partial charge in [-0.05, 0) is 23.5 Å². The van der Waals surface area contributed by atoms with Crippen LogP contribution in [0.15, 0.2) is 0 Å². The van der Waals surface area contributed by atoms with E-state index in [1.165, 1.54) is 6.42 Å². The zero-order valence-electron chi connectivity index (χ0n) is 9.47. The highest BCUT2D eigenvalue weighted by molar-refractivity contribution is 7.80. The van der Waals surface area contributed by atoms with Crippen molar-refractivity contribution in [2.24, 2.45) is 11.3 Å². The molecular weight excluding hydrogens is 180 g/mol. The van der Waals surface area contributed by atoms with E-state index in [0.717, 1.165) is 25.4 Å². The first-order valence-electron chi connectivity index (χ1n) is 5.18. The summed E-state index contributed by atoms with van der Waals surface area (Å²) in [5.74, 6) is 1.56. The van der Waals surface area contributed by atoms with Crippen molar-refractivity contribution in [2.75, 3.05) is 19.0 Å². The lowest BCUT2D eigenvalue weighted by Gasteiger charge is -2.19. The van der Waals surface area contributed by atoms with Gasteiger partial charge in [-0.3, -0.25) is 0 Å². The topological polar surface area (TPSA) is 9.23 Å². The summed E-state index contributed by atoms with van der Waals surface area (Å²) in [4.78, 5) is 0. The molecule has 0 bridgehead atoms. The van der Waals surface area contributed by atoms with Gasteiger partial charge in [0.15, 0.2) is 0 Å². The summed E-state index contributed by atoms with van der Waals surface area (Å²) >= 11 is 4.27. The fourth-order valence-corrected chi connectivity index (χ4v) is 1.29. The molecule has 0 aliphatic rings. The molecule has 13 heavy (non-hydrogen) atoms. The molecule has 0 saturated heterocycles. The Morgan fingerprint density at radius 1 is 1.31 bits per heavy atom. The van der Waals surface area contributed by atoms with Crippen LogP contribution in [0, 0.1) is 11.3 Å². The number of rotatable bonds is 6. The fourth-order valence-electron chi connectivity index (χ4n) is 0.928. The van der Waals surface area contributed by atoms with Crippen molar-refractivity contribution < 1.29 is 4.74 Å². The number of hydrogen-bond donors (Lipinski definition) is 1. The van der Waals surface area contributed by atoms with Gasteiger partial charge in [-0.1, -0.05) is 34.1 Å². The first-order valence-corrected chi connectivity index (χ1v) is 5.81. The SMILES string of the molecule is CCC(CS)COCCC(C)(C)C. The van der Waals surface area contributed by atoms with E-state index in [-0.39, 0.29) is 0 Å². The molecule has 0 N–H and O–H groups in total. The molecule has 0 rings (SSSR count). The molecule has 1 atom stereocenters. The Hall–Kier alpha value is 0.310. The minimum absolute atomic E-state index is 0.392. The molecule has 0 aromatic carbocycles. The molecule has 0 spiro atoms. The molecule has 2 heteroatoms. The second-order valence-corrected chi connectivity index (χ2v) is 5.21. The van der Waals surface area contributed by atoms with E-state index >= 15 is 0 Å². The van der Waals surface area contributed by atoms with Crippen LogP contribution in [-0.2, 0) is 4.74 Å². The predicted molar refractivity (Wildman–Crippen MR) is 62.5 cm³/mol. The van der Waals surface area contributed by atoms with Crippen molar-refractivity contribution in [1.29, 1.82) is 0 Å². The molecular formula is C11H24OS. The van der Waals surface area contributed by atoms with Crippen LogP contribution in [0.5, 0.6) is 0 Å². The first-order chi connectivity index (χ1) is 5.99. The van der Waals surface area contributed by atoms with Crippen LogP contribution in [0.4, 0.5) is 0 Å². The van der Waals surface area contributed by atoms with Gasteiger partial charge in [0.05, 0.1) is 6.61 Å². The van der Waals surface area contributed by atoms with Gasteiger partial charge in [0.2, 0.25) is 0 Å².